The number of allylic oxidation sites excluding steroid dienone is 2. The molecule has 0 spiro atoms. The summed E-state index contributed by atoms with van der Waals surface area (Å²) in [6.45, 7) is 3.87. The highest BCUT2D eigenvalue weighted by atomic mass is 16.2. The van der Waals surface area contributed by atoms with Crippen LogP contribution >= 0.6 is 0 Å². The number of para-hydroxylation sites is 1. The summed E-state index contributed by atoms with van der Waals surface area (Å²) in [6.07, 6.45) is 5.48. The Morgan fingerprint density at radius 2 is 1.44 bits per heavy atom. The van der Waals surface area contributed by atoms with Gasteiger partial charge in [-0.3, -0.25) is 24.2 Å². The highest BCUT2D eigenvalue weighted by Crippen LogP contribution is 2.65. The largest absolute Gasteiger partial charge is 0.289 e. The van der Waals surface area contributed by atoms with Gasteiger partial charge in [-0.25, -0.2) is 0 Å². The molecule has 0 N–H and O–H groups in total. The van der Waals surface area contributed by atoms with Gasteiger partial charge in [-0.1, -0.05) is 48.6 Å². The molecule has 1 saturated heterocycles. The molecule has 2 saturated carbocycles. The minimum Gasteiger partial charge on any atom is -0.289 e. The Balaban J connectivity index is 1.38. The Kier molecular flexibility index (Phi) is 4.19. The van der Waals surface area contributed by atoms with Crippen molar-refractivity contribution in [2.24, 2.45) is 35.5 Å². The van der Waals surface area contributed by atoms with E-state index in [1.807, 2.05) is 50.2 Å². The summed E-state index contributed by atoms with van der Waals surface area (Å²) in [5.74, 6) is 0.531. The molecule has 6 atom stereocenters. The molecule has 0 radical (unpaired) electrons. The summed E-state index contributed by atoms with van der Waals surface area (Å²) < 4.78 is 0. The van der Waals surface area contributed by atoms with Gasteiger partial charge in [-0.05, 0) is 67.2 Å². The van der Waals surface area contributed by atoms with E-state index in [9.17, 15) is 14.4 Å². The van der Waals surface area contributed by atoms with Crippen LogP contribution in [-0.4, -0.2) is 29.3 Å². The molecule has 7 rings (SSSR count). The second-order valence-corrected chi connectivity index (χ2v) is 9.74. The lowest BCUT2D eigenvalue weighted by Crippen LogP contribution is -2.45. The second-order valence-electron chi connectivity index (χ2n) is 9.74. The average molecular weight is 427 g/mol. The predicted octanol–water partition coefficient (Wildman–Crippen LogP) is 3.96. The molecular formula is C27H26N2O3. The third kappa shape index (κ3) is 2.66. The summed E-state index contributed by atoms with van der Waals surface area (Å²) in [6, 6.07) is 14.9. The fourth-order valence-corrected chi connectivity index (χ4v) is 6.50. The molecule has 4 aliphatic carbocycles. The van der Waals surface area contributed by atoms with Crippen molar-refractivity contribution in [2.75, 3.05) is 11.6 Å². The van der Waals surface area contributed by atoms with Crippen LogP contribution in [0.1, 0.15) is 27.9 Å². The zero-order valence-electron chi connectivity index (χ0n) is 18.3. The average Bonchev–Trinajstić information content (AvgIpc) is 3.58. The Morgan fingerprint density at radius 1 is 0.875 bits per heavy atom. The highest BCUT2D eigenvalue weighted by molar-refractivity contribution is 6.10. The second kappa shape index (κ2) is 6.89. The third-order valence-electron chi connectivity index (χ3n) is 8.01. The van der Waals surface area contributed by atoms with Gasteiger partial charge in [-0.15, -0.1) is 0 Å². The lowest BCUT2D eigenvalue weighted by Gasteiger charge is -2.37. The van der Waals surface area contributed by atoms with Crippen LogP contribution in [0.15, 0.2) is 60.7 Å². The van der Waals surface area contributed by atoms with Gasteiger partial charge in [0.05, 0.1) is 17.5 Å². The fourth-order valence-electron chi connectivity index (χ4n) is 6.50. The summed E-state index contributed by atoms with van der Waals surface area (Å²) in [5, 5.41) is 0. The molecule has 5 nitrogen and oxygen atoms in total. The minimum absolute atomic E-state index is 0.0428. The van der Waals surface area contributed by atoms with Crippen LogP contribution in [0.2, 0.25) is 0 Å². The molecule has 32 heavy (non-hydrogen) atoms. The van der Waals surface area contributed by atoms with E-state index in [4.69, 9.17) is 0 Å². The molecule has 2 aromatic carbocycles. The van der Waals surface area contributed by atoms with Crippen LogP contribution in [0, 0.1) is 49.4 Å². The van der Waals surface area contributed by atoms with Crippen LogP contribution in [-0.2, 0) is 9.59 Å². The first-order valence-electron chi connectivity index (χ1n) is 11.4. The first-order valence-corrected chi connectivity index (χ1v) is 11.4. The number of rotatable bonds is 4. The van der Waals surface area contributed by atoms with Crippen LogP contribution in [0.25, 0.3) is 0 Å². The van der Waals surface area contributed by atoms with E-state index in [1.165, 1.54) is 4.90 Å². The Hall–Kier alpha value is -3.21. The number of carbonyl (C=O) groups excluding carboxylic acids is 3. The number of aryl methyl sites for hydroxylation is 2. The molecule has 2 aromatic rings. The molecule has 1 aliphatic heterocycles. The molecule has 2 bridgehead atoms. The number of nitrogens with zero attached hydrogens (tertiary/aromatic N) is 2. The first kappa shape index (κ1) is 19.5. The van der Waals surface area contributed by atoms with Gasteiger partial charge in [0.25, 0.3) is 5.91 Å². The zero-order chi connectivity index (χ0) is 22.1. The molecule has 5 heteroatoms. The molecular weight excluding hydrogens is 400 g/mol. The summed E-state index contributed by atoms with van der Waals surface area (Å²) in [4.78, 5) is 43.7. The van der Waals surface area contributed by atoms with Gasteiger partial charge >= 0.3 is 0 Å². The predicted molar refractivity (Wildman–Crippen MR) is 121 cm³/mol. The molecule has 162 valence electrons. The van der Waals surface area contributed by atoms with E-state index < -0.39 is 0 Å². The van der Waals surface area contributed by atoms with Gasteiger partial charge < -0.3 is 0 Å². The van der Waals surface area contributed by atoms with E-state index in [-0.39, 0.29) is 48.1 Å². The van der Waals surface area contributed by atoms with E-state index in [0.29, 0.717) is 17.4 Å². The molecule has 5 aliphatic rings. The van der Waals surface area contributed by atoms with Crippen LogP contribution in [0.3, 0.4) is 0 Å². The van der Waals surface area contributed by atoms with Crippen molar-refractivity contribution < 1.29 is 14.4 Å². The monoisotopic (exact) mass is 426 g/mol. The number of hydrogen-bond acceptors (Lipinski definition) is 3. The minimum atomic E-state index is -0.257. The zero-order valence-corrected chi connectivity index (χ0v) is 18.3. The van der Waals surface area contributed by atoms with Crippen molar-refractivity contribution >= 4 is 23.4 Å². The van der Waals surface area contributed by atoms with Crippen molar-refractivity contribution in [3.63, 3.8) is 0 Å². The number of benzene rings is 2. The van der Waals surface area contributed by atoms with Gasteiger partial charge in [0, 0.05) is 5.56 Å². The van der Waals surface area contributed by atoms with Gasteiger partial charge in [0.1, 0.15) is 6.67 Å². The number of amides is 3. The van der Waals surface area contributed by atoms with E-state index in [1.54, 1.807) is 17.0 Å². The van der Waals surface area contributed by atoms with Crippen molar-refractivity contribution in [1.29, 1.82) is 0 Å². The van der Waals surface area contributed by atoms with Crippen molar-refractivity contribution in [3.8, 4) is 0 Å². The van der Waals surface area contributed by atoms with E-state index >= 15 is 0 Å². The first-order chi connectivity index (χ1) is 15.5. The number of hydrogen-bond donors (Lipinski definition) is 0. The van der Waals surface area contributed by atoms with Gasteiger partial charge in [0.2, 0.25) is 11.8 Å². The maximum atomic E-state index is 13.6. The van der Waals surface area contributed by atoms with E-state index in [2.05, 4.69) is 12.2 Å². The third-order valence-corrected chi connectivity index (χ3v) is 8.01. The van der Waals surface area contributed by atoms with Crippen LogP contribution < -0.4 is 4.90 Å². The number of imide groups is 1. The quantitative estimate of drug-likeness (QED) is 0.549. The van der Waals surface area contributed by atoms with E-state index in [0.717, 1.165) is 23.2 Å². The molecule has 6 unspecified atom stereocenters. The topological polar surface area (TPSA) is 57.7 Å². The Bertz CT molecular complexity index is 1110. The maximum absolute atomic E-state index is 13.6. The molecule has 0 aromatic heterocycles. The number of anilines is 1. The normalized spacial score (nSPS) is 31.5. The number of likely N-dealkylation sites (tertiary alicyclic amines) is 1. The fraction of sp³-hybridized carbons (Fsp3) is 0.370. The van der Waals surface area contributed by atoms with Gasteiger partial charge in [-0.2, -0.15) is 0 Å². The lowest BCUT2D eigenvalue weighted by atomic mass is 9.63. The Morgan fingerprint density at radius 3 is 2.00 bits per heavy atom. The van der Waals surface area contributed by atoms with Crippen molar-refractivity contribution in [1.82, 2.24) is 4.90 Å². The summed E-state index contributed by atoms with van der Waals surface area (Å²) >= 11 is 0. The lowest BCUT2D eigenvalue weighted by molar-refractivity contribution is -0.140. The molecule has 1 heterocycles. The van der Waals surface area contributed by atoms with Crippen LogP contribution in [0.5, 0.6) is 0 Å². The molecule has 3 amide bonds. The van der Waals surface area contributed by atoms with Gasteiger partial charge in [0.15, 0.2) is 0 Å². The SMILES string of the molecule is Cc1cccc(C)c1N(CN1C(=O)C2C3C=CC(C4CC34)C2C1=O)C(=O)c1ccccc1. The van der Waals surface area contributed by atoms with Crippen molar-refractivity contribution in [2.45, 2.75) is 20.3 Å². The summed E-state index contributed by atoms with van der Waals surface area (Å²) in [5.41, 5.74) is 3.18. The Labute approximate surface area is 187 Å². The standard InChI is InChI=1S/C27H26N2O3/c1-15-7-6-8-16(2)24(15)28(25(30)17-9-4-3-5-10-17)14-29-26(31)22-18-11-12-19(21-13-20(18)21)23(22)27(29)32/h3-12,18-23H,13-14H2,1-2H3. The highest BCUT2D eigenvalue weighted by Gasteiger charge is 2.67. The summed E-state index contributed by atoms with van der Waals surface area (Å²) in [7, 11) is 0. The number of carbonyl (C=O) groups is 3. The maximum Gasteiger partial charge on any atom is 0.259 e. The van der Waals surface area contributed by atoms with Crippen molar-refractivity contribution in [3.05, 3.63) is 77.4 Å². The molecule has 3 fully saturated rings. The smallest absolute Gasteiger partial charge is 0.259 e. The van der Waals surface area contributed by atoms with Crippen LogP contribution in [0.4, 0.5) is 5.69 Å².